The SMILES string of the molecule is C[C@H](NC(=O)Nc1c(Cl)cccc1C(F)(F)F)C(=O)O. The van der Waals surface area contributed by atoms with E-state index in [-0.39, 0.29) is 5.02 Å². The molecule has 0 aliphatic heterocycles. The van der Waals surface area contributed by atoms with Crippen LogP contribution in [0.15, 0.2) is 18.2 Å². The van der Waals surface area contributed by atoms with Crippen LogP contribution >= 0.6 is 11.6 Å². The maximum Gasteiger partial charge on any atom is 0.418 e. The summed E-state index contributed by atoms with van der Waals surface area (Å²) < 4.78 is 38.2. The van der Waals surface area contributed by atoms with Crippen molar-refractivity contribution in [2.45, 2.75) is 19.1 Å². The van der Waals surface area contributed by atoms with Gasteiger partial charge in [0.25, 0.3) is 0 Å². The van der Waals surface area contributed by atoms with Crippen LogP contribution in [0.3, 0.4) is 0 Å². The fourth-order valence-electron chi connectivity index (χ4n) is 1.30. The van der Waals surface area contributed by atoms with Crippen LogP contribution in [-0.4, -0.2) is 23.1 Å². The van der Waals surface area contributed by atoms with Crippen LogP contribution in [0.2, 0.25) is 5.02 Å². The molecule has 1 rings (SSSR count). The number of alkyl halides is 3. The molecule has 0 radical (unpaired) electrons. The maximum atomic E-state index is 12.7. The van der Waals surface area contributed by atoms with Crippen LogP contribution in [-0.2, 0) is 11.0 Å². The van der Waals surface area contributed by atoms with Gasteiger partial charge in [-0.3, -0.25) is 4.79 Å². The highest BCUT2D eigenvalue weighted by atomic mass is 35.5. The zero-order chi connectivity index (χ0) is 15.5. The molecule has 9 heteroatoms. The van der Waals surface area contributed by atoms with Gasteiger partial charge in [-0.2, -0.15) is 13.2 Å². The summed E-state index contributed by atoms with van der Waals surface area (Å²) in [4.78, 5) is 22.0. The van der Waals surface area contributed by atoms with Crippen LogP contribution in [0.25, 0.3) is 0 Å². The van der Waals surface area contributed by atoms with Crippen molar-refractivity contribution in [1.82, 2.24) is 5.32 Å². The summed E-state index contributed by atoms with van der Waals surface area (Å²) in [7, 11) is 0. The zero-order valence-electron chi connectivity index (χ0n) is 10.1. The first-order valence-electron chi connectivity index (χ1n) is 5.29. The number of halogens is 4. The summed E-state index contributed by atoms with van der Waals surface area (Å²) in [6.07, 6.45) is -4.70. The van der Waals surface area contributed by atoms with Gasteiger partial charge in [-0.05, 0) is 19.1 Å². The Labute approximate surface area is 116 Å². The van der Waals surface area contributed by atoms with E-state index in [0.29, 0.717) is 0 Å². The Balaban J connectivity index is 2.98. The van der Waals surface area contributed by atoms with Gasteiger partial charge in [-0.1, -0.05) is 17.7 Å². The summed E-state index contributed by atoms with van der Waals surface area (Å²) >= 11 is 5.62. The predicted molar refractivity (Wildman–Crippen MR) is 65.7 cm³/mol. The molecule has 0 saturated heterocycles. The number of benzene rings is 1. The molecule has 0 bridgehead atoms. The Morgan fingerprint density at radius 2 is 1.95 bits per heavy atom. The van der Waals surface area contributed by atoms with Crippen molar-refractivity contribution in [3.63, 3.8) is 0 Å². The molecule has 20 heavy (non-hydrogen) atoms. The summed E-state index contributed by atoms with van der Waals surface area (Å²) in [5, 5.41) is 12.1. The third kappa shape index (κ3) is 4.02. The lowest BCUT2D eigenvalue weighted by atomic mass is 10.1. The molecule has 0 aliphatic carbocycles. The lowest BCUT2D eigenvalue weighted by molar-refractivity contribution is -0.139. The summed E-state index contributed by atoms with van der Waals surface area (Å²) in [5.41, 5.74) is -1.75. The third-order valence-electron chi connectivity index (χ3n) is 2.28. The minimum absolute atomic E-state index is 0.307. The molecule has 0 heterocycles. The molecule has 1 aromatic rings. The van der Waals surface area contributed by atoms with Gasteiger partial charge in [0.05, 0.1) is 16.3 Å². The second kappa shape index (κ2) is 6.00. The average Bonchev–Trinajstić information content (AvgIpc) is 2.29. The Morgan fingerprint density at radius 3 is 2.45 bits per heavy atom. The van der Waals surface area contributed by atoms with Crippen molar-refractivity contribution < 1.29 is 27.9 Å². The Bertz CT molecular complexity index is 534. The highest BCUT2D eigenvalue weighted by Gasteiger charge is 2.34. The number of hydrogen-bond acceptors (Lipinski definition) is 2. The molecule has 3 N–H and O–H groups in total. The Kier molecular flexibility index (Phi) is 4.83. The van der Waals surface area contributed by atoms with Gasteiger partial charge in [0.1, 0.15) is 6.04 Å². The fourth-order valence-corrected chi connectivity index (χ4v) is 1.52. The average molecular weight is 311 g/mol. The number of amides is 2. The van der Waals surface area contributed by atoms with Gasteiger partial charge in [0.2, 0.25) is 0 Å². The normalized spacial score (nSPS) is 12.7. The summed E-state index contributed by atoms with van der Waals surface area (Å²) in [6, 6.07) is 0.661. The van der Waals surface area contributed by atoms with Crippen LogP contribution in [0.5, 0.6) is 0 Å². The van der Waals surface area contributed by atoms with Crippen molar-refractivity contribution >= 4 is 29.3 Å². The van der Waals surface area contributed by atoms with E-state index in [1.54, 1.807) is 0 Å². The molecule has 1 aromatic carbocycles. The molecule has 5 nitrogen and oxygen atoms in total. The topological polar surface area (TPSA) is 78.4 Å². The summed E-state index contributed by atoms with van der Waals surface area (Å²) in [6.45, 7) is 1.17. The van der Waals surface area contributed by atoms with Crippen LogP contribution in [0.1, 0.15) is 12.5 Å². The number of rotatable bonds is 3. The number of carboxylic acid groups (broad SMARTS) is 1. The number of nitrogens with one attached hydrogen (secondary N) is 2. The van der Waals surface area contributed by atoms with E-state index in [1.165, 1.54) is 13.0 Å². The van der Waals surface area contributed by atoms with E-state index in [0.717, 1.165) is 12.1 Å². The molecular weight excluding hydrogens is 301 g/mol. The number of carboxylic acids is 1. The van der Waals surface area contributed by atoms with Crippen molar-refractivity contribution in [2.24, 2.45) is 0 Å². The van der Waals surface area contributed by atoms with Crippen molar-refractivity contribution in [2.75, 3.05) is 5.32 Å². The van der Waals surface area contributed by atoms with Gasteiger partial charge in [-0.25, -0.2) is 4.79 Å². The second-order valence-corrected chi connectivity index (χ2v) is 4.23. The van der Waals surface area contributed by atoms with Gasteiger partial charge in [0, 0.05) is 0 Å². The number of hydrogen-bond donors (Lipinski definition) is 3. The lowest BCUT2D eigenvalue weighted by Gasteiger charge is -2.16. The van der Waals surface area contributed by atoms with E-state index in [1.807, 2.05) is 10.6 Å². The monoisotopic (exact) mass is 310 g/mol. The van der Waals surface area contributed by atoms with Crippen LogP contribution in [0, 0.1) is 0 Å². The van der Waals surface area contributed by atoms with E-state index in [9.17, 15) is 22.8 Å². The molecule has 0 saturated carbocycles. The first-order chi connectivity index (χ1) is 9.12. The first kappa shape index (κ1) is 16.1. The zero-order valence-corrected chi connectivity index (χ0v) is 10.8. The molecule has 1 atom stereocenters. The molecule has 110 valence electrons. The molecule has 0 fully saturated rings. The number of urea groups is 1. The van der Waals surface area contributed by atoms with E-state index in [4.69, 9.17) is 16.7 Å². The molecule has 2 amide bonds. The standard InChI is InChI=1S/C11H10ClF3N2O3/c1-5(9(18)19)16-10(20)17-8-6(11(13,14)15)3-2-4-7(8)12/h2-5H,1H3,(H,18,19)(H2,16,17,20)/t5-/m0/s1. The minimum atomic E-state index is -4.70. The van der Waals surface area contributed by atoms with E-state index >= 15 is 0 Å². The van der Waals surface area contributed by atoms with Crippen LogP contribution in [0.4, 0.5) is 23.7 Å². The third-order valence-corrected chi connectivity index (χ3v) is 2.59. The predicted octanol–water partition coefficient (Wildman–Crippen LogP) is 2.95. The maximum absolute atomic E-state index is 12.7. The lowest BCUT2D eigenvalue weighted by Crippen LogP contribution is -2.41. The quantitative estimate of drug-likeness (QED) is 0.803. The van der Waals surface area contributed by atoms with Crippen molar-refractivity contribution in [3.05, 3.63) is 28.8 Å². The molecule has 0 spiro atoms. The van der Waals surface area contributed by atoms with Gasteiger partial charge < -0.3 is 15.7 Å². The smallest absolute Gasteiger partial charge is 0.418 e. The number of para-hydroxylation sites is 1. The first-order valence-corrected chi connectivity index (χ1v) is 5.66. The number of aliphatic carboxylic acids is 1. The van der Waals surface area contributed by atoms with Gasteiger partial charge >= 0.3 is 18.2 Å². The van der Waals surface area contributed by atoms with Crippen molar-refractivity contribution in [3.8, 4) is 0 Å². The fraction of sp³-hybridized carbons (Fsp3) is 0.273. The summed E-state index contributed by atoms with van der Waals surface area (Å²) in [5.74, 6) is -1.32. The molecule has 0 aromatic heterocycles. The molecular formula is C11H10ClF3N2O3. The van der Waals surface area contributed by atoms with Crippen LogP contribution < -0.4 is 10.6 Å². The highest BCUT2D eigenvalue weighted by molar-refractivity contribution is 6.34. The Hall–Kier alpha value is -1.96. The number of carbonyl (C=O) groups is 2. The highest BCUT2D eigenvalue weighted by Crippen LogP contribution is 2.38. The van der Waals surface area contributed by atoms with E-state index in [2.05, 4.69) is 0 Å². The van der Waals surface area contributed by atoms with Crippen molar-refractivity contribution in [1.29, 1.82) is 0 Å². The second-order valence-electron chi connectivity index (χ2n) is 3.82. The van der Waals surface area contributed by atoms with Gasteiger partial charge in [0.15, 0.2) is 0 Å². The number of carbonyl (C=O) groups excluding carboxylic acids is 1. The number of anilines is 1. The largest absolute Gasteiger partial charge is 0.480 e. The Morgan fingerprint density at radius 1 is 1.35 bits per heavy atom. The minimum Gasteiger partial charge on any atom is -0.480 e. The molecule has 0 aliphatic rings. The molecule has 0 unspecified atom stereocenters. The van der Waals surface area contributed by atoms with E-state index < -0.39 is 35.5 Å². The van der Waals surface area contributed by atoms with Gasteiger partial charge in [-0.15, -0.1) is 0 Å².